The van der Waals surface area contributed by atoms with Crippen LogP contribution in [0.1, 0.15) is 24.8 Å². The Morgan fingerprint density at radius 2 is 2.08 bits per heavy atom. The lowest BCUT2D eigenvalue weighted by Crippen LogP contribution is -2.43. The van der Waals surface area contributed by atoms with Gasteiger partial charge >= 0.3 is 6.03 Å². The number of rotatable bonds is 6. The first-order valence-corrected chi connectivity index (χ1v) is 9.53. The molecule has 2 heterocycles. The monoisotopic (exact) mass is 350 g/mol. The Kier molecular flexibility index (Phi) is 5.16. The van der Waals surface area contributed by atoms with E-state index in [4.69, 9.17) is 0 Å². The number of aromatic nitrogens is 1. The van der Waals surface area contributed by atoms with E-state index in [0.717, 1.165) is 42.2 Å². The van der Waals surface area contributed by atoms with Gasteiger partial charge in [-0.3, -0.25) is 4.98 Å². The van der Waals surface area contributed by atoms with E-state index in [0.29, 0.717) is 6.54 Å². The molecule has 5 heteroatoms. The van der Waals surface area contributed by atoms with Crippen molar-refractivity contribution in [3.8, 4) is 11.3 Å². The summed E-state index contributed by atoms with van der Waals surface area (Å²) in [5.41, 5.74) is 3.09. The van der Waals surface area contributed by atoms with E-state index >= 15 is 0 Å². The number of urea groups is 1. The normalized spacial score (nSPS) is 20.1. The quantitative estimate of drug-likeness (QED) is 0.842. The minimum atomic E-state index is -0.0773. The third-order valence-corrected chi connectivity index (χ3v) is 5.16. The van der Waals surface area contributed by atoms with Crippen molar-refractivity contribution in [3.05, 3.63) is 54.2 Å². The highest BCUT2D eigenvalue weighted by Crippen LogP contribution is 2.30. The van der Waals surface area contributed by atoms with Gasteiger partial charge in [0.05, 0.1) is 5.69 Å². The molecule has 136 valence electrons. The van der Waals surface area contributed by atoms with E-state index in [1.54, 1.807) is 6.20 Å². The SMILES string of the molecule is O=C(NCc1cccc(-c2ccccn2)c1)NC1CCN(CC2CC2)C1. The highest BCUT2D eigenvalue weighted by atomic mass is 16.2. The summed E-state index contributed by atoms with van der Waals surface area (Å²) in [6, 6.07) is 14.2. The Morgan fingerprint density at radius 1 is 1.15 bits per heavy atom. The van der Waals surface area contributed by atoms with Gasteiger partial charge in [0.1, 0.15) is 0 Å². The molecule has 1 saturated heterocycles. The van der Waals surface area contributed by atoms with Gasteiger partial charge in [0.2, 0.25) is 0 Å². The second-order valence-electron chi connectivity index (χ2n) is 7.43. The molecule has 0 spiro atoms. The molecule has 1 unspecified atom stereocenters. The predicted molar refractivity (Wildman–Crippen MR) is 103 cm³/mol. The summed E-state index contributed by atoms with van der Waals surface area (Å²) in [5.74, 6) is 0.911. The van der Waals surface area contributed by atoms with Gasteiger partial charge in [-0.2, -0.15) is 0 Å². The lowest BCUT2D eigenvalue weighted by atomic mass is 10.1. The van der Waals surface area contributed by atoms with Gasteiger partial charge in [0.15, 0.2) is 0 Å². The summed E-state index contributed by atoms with van der Waals surface area (Å²) in [6.07, 6.45) is 5.61. The number of hydrogen-bond donors (Lipinski definition) is 2. The number of pyridine rings is 1. The zero-order valence-electron chi connectivity index (χ0n) is 15.0. The molecule has 1 aromatic carbocycles. The van der Waals surface area contributed by atoms with Crippen LogP contribution in [0.25, 0.3) is 11.3 Å². The van der Waals surface area contributed by atoms with Crippen molar-refractivity contribution in [2.45, 2.75) is 31.8 Å². The number of amides is 2. The Balaban J connectivity index is 1.25. The number of benzene rings is 1. The summed E-state index contributed by atoms with van der Waals surface area (Å²) < 4.78 is 0. The molecule has 2 N–H and O–H groups in total. The third-order valence-electron chi connectivity index (χ3n) is 5.16. The van der Waals surface area contributed by atoms with Crippen LogP contribution in [0.2, 0.25) is 0 Å². The fourth-order valence-electron chi connectivity index (χ4n) is 3.57. The number of carbonyl (C=O) groups is 1. The maximum Gasteiger partial charge on any atom is 0.315 e. The standard InChI is InChI=1S/C21H26N4O/c26-21(24-19-9-11-25(15-19)14-16-7-8-16)23-13-17-4-3-5-18(12-17)20-6-1-2-10-22-20/h1-6,10,12,16,19H,7-9,11,13-15H2,(H2,23,24,26). The molecule has 4 rings (SSSR count). The highest BCUT2D eigenvalue weighted by Gasteiger charge is 2.29. The largest absolute Gasteiger partial charge is 0.334 e. The van der Waals surface area contributed by atoms with E-state index in [1.165, 1.54) is 19.4 Å². The van der Waals surface area contributed by atoms with Crippen molar-refractivity contribution in [2.75, 3.05) is 19.6 Å². The van der Waals surface area contributed by atoms with Gasteiger partial charge in [0, 0.05) is 44.0 Å². The maximum absolute atomic E-state index is 12.2. The predicted octanol–water partition coefficient (Wildman–Crippen LogP) is 3.03. The molecular weight excluding hydrogens is 324 g/mol. The zero-order chi connectivity index (χ0) is 17.8. The van der Waals surface area contributed by atoms with E-state index in [9.17, 15) is 4.79 Å². The number of hydrogen-bond acceptors (Lipinski definition) is 3. The van der Waals surface area contributed by atoms with E-state index in [1.807, 2.05) is 36.4 Å². The molecule has 26 heavy (non-hydrogen) atoms. The van der Waals surface area contributed by atoms with Gasteiger partial charge in [-0.25, -0.2) is 4.79 Å². The second kappa shape index (κ2) is 7.87. The number of carbonyl (C=O) groups excluding carboxylic acids is 1. The van der Waals surface area contributed by atoms with Gasteiger partial charge in [-0.15, -0.1) is 0 Å². The molecule has 1 aromatic heterocycles. The Hall–Kier alpha value is -2.40. The molecule has 2 fully saturated rings. The molecule has 5 nitrogen and oxygen atoms in total. The molecule has 2 aromatic rings. The lowest BCUT2D eigenvalue weighted by Gasteiger charge is -2.16. The van der Waals surface area contributed by atoms with Crippen molar-refractivity contribution in [2.24, 2.45) is 5.92 Å². The molecule has 1 saturated carbocycles. The van der Waals surface area contributed by atoms with Gasteiger partial charge in [-0.05, 0) is 48.9 Å². The second-order valence-corrected chi connectivity index (χ2v) is 7.43. The van der Waals surface area contributed by atoms with Gasteiger partial charge < -0.3 is 15.5 Å². The van der Waals surface area contributed by atoms with Crippen LogP contribution in [0, 0.1) is 5.92 Å². The molecule has 1 aliphatic carbocycles. The van der Waals surface area contributed by atoms with Crippen molar-refractivity contribution in [1.29, 1.82) is 0 Å². The van der Waals surface area contributed by atoms with Crippen LogP contribution in [0.15, 0.2) is 48.7 Å². The highest BCUT2D eigenvalue weighted by molar-refractivity contribution is 5.74. The number of likely N-dealkylation sites (tertiary alicyclic amines) is 1. The van der Waals surface area contributed by atoms with Gasteiger partial charge in [0.25, 0.3) is 0 Å². The molecule has 2 amide bonds. The van der Waals surface area contributed by atoms with Crippen LogP contribution in [0.4, 0.5) is 4.79 Å². The smallest absolute Gasteiger partial charge is 0.315 e. The van der Waals surface area contributed by atoms with Crippen LogP contribution in [0.3, 0.4) is 0 Å². The van der Waals surface area contributed by atoms with Crippen LogP contribution >= 0.6 is 0 Å². The van der Waals surface area contributed by atoms with Crippen LogP contribution < -0.4 is 10.6 Å². The van der Waals surface area contributed by atoms with E-state index in [2.05, 4.69) is 26.6 Å². The molecule has 1 atom stereocenters. The van der Waals surface area contributed by atoms with Gasteiger partial charge in [-0.1, -0.05) is 24.3 Å². The summed E-state index contributed by atoms with van der Waals surface area (Å²) in [4.78, 5) is 19.1. The zero-order valence-corrected chi connectivity index (χ0v) is 15.0. The summed E-state index contributed by atoms with van der Waals surface area (Å²) in [6.45, 7) is 3.82. The molecule has 0 radical (unpaired) electrons. The average molecular weight is 350 g/mol. The first-order chi connectivity index (χ1) is 12.8. The van der Waals surface area contributed by atoms with E-state index < -0.39 is 0 Å². The molecule has 0 bridgehead atoms. The molecular formula is C21H26N4O. The van der Waals surface area contributed by atoms with Crippen molar-refractivity contribution in [3.63, 3.8) is 0 Å². The Bertz CT molecular complexity index is 745. The first kappa shape index (κ1) is 17.0. The average Bonchev–Trinajstić information content (AvgIpc) is 3.39. The number of nitrogens with zero attached hydrogens (tertiary/aromatic N) is 2. The fraction of sp³-hybridized carbons (Fsp3) is 0.429. The molecule has 2 aliphatic rings. The summed E-state index contributed by atoms with van der Waals surface area (Å²) in [5, 5.41) is 6.10. The fourth-order valence-corrected chi connectivity index (χ4v) is 3.57. The minimum Gasteiger partial charge on any atom is -0.334 e. The minimum absolute atomic E-state index is 0.0773. The first-order valence-electron chi connectivity index (χ1n) is 9.53. The summed E-state index contributed by atoms with van der Waals surface area (Å²) >= 11 is 0. The Morgan fingerprint density at radius 3 is 2.88 bits per heavy atom. The molecule has 1 aliphatic heterocycles. The van der Waals surface area contributed by atoms with Crippen molar-refractivity contribution in [1.82, 2.24) is 20.5 Å². The van der Waals surface area contributed by atoms with Crippen LogP contribution in [0.5, 0.6) is 0 Å². The maximum atomic E-state index is 12.2. The lowest BCUT2D eigenvalue weighted by molar-refractivity contribution is 0.235. The van der Waals surface area contributed by atoms with Crippen molar-refractivity contribution < 1.29 is 4.79 Å². The summed E-state index contributed by atoms with van der Waals surface area (Å²) in [7, 11) is 0. The van der Waals surface area contributed by atoms with Crippen molar-refractivity contribution >= 4 is 6.03 Å². The van der Waals surface area contributed by atoms with Crippen LogP contribution in [-0.2, 0) is 6.54 Å². The number of nitrogens with one attached hydrogen (secondary N) is 2. The third kappa shape index (κ3) is 4.61. The van der Waals surface area contributed by atoms with E-state index in [-0.39, 0.29) is 12.1 Å². The topological polar surface area (TPSA) is 57.3 Å². The van der Waals surface area contributed by atoms with Crippen LogP contribution in [-0.4, -0.2) is 41.6 Å². The Labute approximate surface area is 154 Å².